The molecule has 3 heterocycles. The number of amides is 2. The number of halogens is 1. The van der Waals surface area contributed by atoms with Crippen LogP contribution in [0, 0.1) is 12.7 Å². The number of pyridine rings is 1. The van der Waals surface area contributed by atoms with Gasteiger partial charge >= 0.3 is 6.03 Å². The maximum atomic E-state index is 14.0. The fourth-order valence-corrected chi connectivity index (χ4v) is 4.47. The van der Waals surface area contributed by atoms with Gasteiger partial charge < -0.3 is 15.5 Å². The molecule has 0 atom stereocenters. The normalized spacial score (nSPS) is 14.8. The number of hydrogen-bond donors (Lipinski definition) is 2. The van der Waals surface area contributed by atoms with Crippen LogP contribution in [0.15, 0.2) is 54.7 Å². The first-order chi connectivity index (χ1) is 17.4. The molecule has 0 spiro atoms. The predicted molar refractivity (Wildman–Crippen MR) is 140 cm³/mol. The summed E-state index contributed by atoms with van der Waals surface area (Å²) in [5.41, 5.74) is 5.53. The quantitative estimate of drug-likeness (QED) is 0.434. The number of piperazine rings is 1. The fourth-order valence-electron chi connectivity index (χ4n) is 4.47. The third-order valence-electron chi connectivity index (χ3n) is 6.56. The zero-order chi connectivity index (χ0) is 25.2. The summed E-state index contributed by atoms with van der Waals surface area (Å²) in [5, 5.41) is 10.7. The lowest BCUT2D eigenvalue weighted by molar-refractivity contribution is 0.147. The highest BCUT2D eigenvalue weighted by molar-refractivity contribution is 6.00. The van der Waals surface area contributed by atoms with E-state index in [4.69, 9.17) is 4.98 Å². The van der Waals surface area contributed by atoms with E-state index in [-0.39, 0.29) is 5.69 Å². The molecular formula is C27H30FN7O. The molecule has 9 heteroatoms. The second kappa shape index (κ2) is 10.0. The van der Waals surface area contributed by atoms with Crippen molar-refractivity contribution in [3.63, 3.8) is 0 Å². The average Bonchev–Trinajstić information content (AvgIpc) is 3.23. The minimum atomic E-state index is -0.500. The lowest BCUT2D eigenvalue weighted by Gasteiger charge is -2.32. The first-order valence-corrected chi connectivity index (χ1v) is 12.0. The number of nitrogens with one attached hydrogen (secondary N) is 2. The van der Waals surface area contributed by atoms with Crippen molar-refractivity contribution in [3.8, 4) is 11.1 Å². The van der Waals surface area contributed by atoms with Crippen molar-refractivity contribution < 1.29 is 9.18 Å². The largest absolute Gasteiger partial charge is 0.323 e. The van der Waals surface area contributed by atoms with Gasteiger partial charge in [-0.1, -0.05) is 18.2 Å². The molecule has 5 rings (SSSR count). The van der Waals surface area contributed by atoms with Crippen LogP contribution in [0.2, 0.25) is 0 Å². The summed E-state index contributed by atoms with van der Waals surface area (Å²) >= 11 is 0. The average molecular weight is 488 g/mol. The Labute approximate surface area is 209 Å². The summed E-state index contributed by atoms with van der Waals surface area (Å²) in [6.45, 7) is 6.78. The Balaban J connectivity index is 1.35. The molecule has 0 saturated carbocycles. The summed E-state index contributed by atoms with van der Waals surface area (Å²) in [6.07, 6.45) is 1.84. The molecule has 186 valence electrons. The molecule has 36 heavy (non-hydrogen) atoms. The number of anilines is 2. The van der Waals surface area contributed by atoms with Crippen LogP contribution in [0.1, 0.15) is 11.3 Å². The van der Waals surface area contributed by atoms with Crippen molar-refractivity contribution in [2.24, 2.45) is 7.05 Å². The summed E-state index contributed by atoms with van der Waals surface area (Å²) in [7, 11) is 4.06. The monoisotopic (exact) mass is 487 g/mol. The Morgan fingerprint density at radius 3 is 2.50 bits per heavy atom. The van der Waals surface area contributed by atoms with Crippen LogP contribution in [-0.2, 0) is 13.6 Å². The summed E-state index contributed by atoms with van der Waals surface area (Å²) in [5.74, 6) is -0.475. The number of fused-ring (bicyclic) bond motifs is 1. The molecule has 1 saturated heterocycles. The summed E-state index contributed by atoms with van der Waals surface area (Å²) < 4.78 is 15.8. The molecular weight excluding hydrogens is 457 g/mol. The van der Waals surface area contributed by atoms with E-state index in [0.29, 0.717) is 5.69 Å². The Morgan fingerprint density at radius 2 is 1.75 bits per heavy atom. The fraction of sp³-hybridized carbons (Fsp3) is 0.296. The number of carbonyl (C=O) groups excluding carboxylic acids is 1. The van der Waals surface area contributed by atoms with Gasteiger partial charge in [-0.2, -0.15) is 5.10 Å². The van der Waals surface area contributed by atoms with E-state index in [1.54, 1.807) is 16.8 Å². The summed E-state index contributed by atoms with van der Waals surface area (Å²) in [4.78, 5) is 22.1. The van der Waals surface area contributed by atoms with Gasteiger partial charge in [-0.15, -0.1) is 0 Å². The minimum Gasteiger partial charge on any atom is -0.308 e. The molecule has 1 fully saturated rings. The molecule has 0 unspecified atom stereocenters. The van der Waals surface area contributed by atoms with Gasteiger partial charge in [0.05, 0.1) is 17.6 Å². The molecule has 2 aromatic carbocycles. The highest BCUT2D eigenvalue weighted by Gasteiger charge is 2.17. The van der Waals surface area contributed by atoms with Gasteiger partial charge in [0.2, 0.25) is 0 Å². The third-order valence-corrected chi connectivity index (χ3v) is 6.56. The van der Waals surface area contributed by atoms with Crippen molar-refractivity contribution in [2.45, 2.75) is 13.5 Å². The SMILES string of the molecule is Cc1ccc(F)c(NC(=O)Nc2ccc(-c3cc(CN4CCN(C)CC4)nc4c3cnn4C)cc2)c1. The molecule has 1 aliphatic rings. The molecule has 0 bridgehead atoms. The Bertz CT molecular complexity index is 1390. The second-order valence-electron chi connectivity index (χ2n) is 9.39. The van der Waals surface area contributed by atoms with Gasteiger partial charge in [0, 0.05) is 50.8 Å². The Kier molecular flexibility index (Phi) is 6.67. The molecule has 0 radical (unpaired) electrons. The maximum absolute atomic E-state index is 14.0. The van der Waals surface area contributed by atoms with E-state index < -0.39 is 11.8 Å². The molecule has 4 aromatic rings. The number of hydrogen-bond acceptors (Lipinski definition) is 5. The molecule has 2 N–H and O–H groups in total. The number of nitrogens with zero attached hydrogens (tertiary/aromatic N) is 5. The topological polar surface area (TPSA) is 78.3 Å². The van der Waals surface area contributed by atoms with Crippen molar-refractivity contribution >= 4 is 28.4 Å². The number of aryl methyl sites for hydroxylation is 2. The first kappa shape index (κ1) is 23.9. The van der Waals surface area contributed by atoms with Crippen LogP contribution in [0.5, 0.6) is 0 Å². The third kappa shape index (κ3) is 5.22. The predicted octanol–water partition coefficient (Wildman–Crippen LogP) is 4.47. The van der Waals surface area contributed by atoms with E-state index >= 15 is 0 Å². The van der Waals surface area contributed by atoms with Crippen LogP contribution in [0.25, 0.3) is 22.2 Å². The van der Waals surface area contributed by atoms with Gasteiger partial charge in [0.25, 0.3) is 0 Å². The van der Waals surface area contributed by atoms with Crippen LogP contribution in [-0.4, -0.2) is 63.8 Å². The van der Waals surface area contributed by atoms with Crippen LogP contribution in [0.3, 0.4) is 0 Å². The van der Waals surface area contributed by atoms with Crippen molar-refractivity contribution in [1.82, 2.24) is 24.6 Å². The highest BCUT2D eigenvalue weighted by atomic mass is 19.1. The lowest BCUT2D eigenvalue weighted by atomic mass is 10.0. The van der Waals surface area contributed by atoms with Crippen LogP contribution >= 0.6 is 0 Å². The number of carbonyl (C=O) groups is 1. The van der Waals surface area contributed by atoms with E-state index in [1.165, 1.54) is 6.07 Å². The molecule has 2 amide bonds. The van der Waals surface area contributed by atoms with Crippen LogP contribution < -0.4 is 10.6 Å². The van der Waals surface area contributed by atoms with E-state index in [0.717, 1.165) is 66.1 Å². The standard InChI is InChI=1S/C27H30FN7O/c1-18-4-9-24(28)25(14-18)32-27(36)31-20-7-5-19(6-8-20)22-15-21(17-35-12-10-33(2)11-13-35)30-26-23(22)16-29-34(26)3/h4-9,14-16H,10-13,17H2,1-3H3,(H2,31,32,36). The van der Waals surface area contributed by atoms with E-state index in [9.17, 15) is 9.18 Å². The number of urea groups is 1. The van der Waals surface area contributed by atoms with E-state index in [2.05, 4.69) is 38.6 Å². The highest BCUT2D eigenvalue weighted by Crippen LogP contribution is 2.30. The lowest BCUT2D eigenvalue weighted by Crippen LogP contribution is -2.44. The molecule has 8 nitrogen and oxygen atoms in total. The number of benzene rings is 2. The second-order valence-corrected chi connectivity index (χ2v) is 9.39. The summed E-state index contributed by atoms with van der Waals surface area (Å²) in [6, 6.07) is 13.8. The van der Waals surface area contributed by atoms with E-state index in [1.807, 2.05) is 44.4 Å². The Hall–Kier alpha value is -3.82. The minimum absolute atomic E-state index is 0.146. The number of aromatic nitrogens is 3. The molecule has 1 aliphatic heterocycles. The van der Waals surface area contributed by atoms with Crippen molar-refractivity contribution in [1.29, 1.82) is 0 Å². The number of rotatable bonds is 5. The Morgan fingerprint density at radius 1 is 1.00 bits per heavy atom. The van der Waals surface area contributed by atoms with Gasteiger partial charge in [-0.05, 0) is 61.0 Å². The van der Waals surface area contributed by atoms with Crippen molar-refractivity contribution in [2.75, 3.05) is 43.9 Å². The first-order valence-electron chi connectivity index (χ1n) is 12.0. The molecule has 2 aromatic heterocycles. The van der Waals surface area contributed by atoms with Gasteiger partial charge in [0.1, 0.15) is 5.82 Å². The molecule has 0 aliphatic carbocycles. The number of likely N-dealkylation sites (N-methyl/N-ethyl adjacent to an activating group) is 1. The maximum Gasteiger partial charge on any atom is 0.323 e. The van der Waals surface area contributed by atoms with Gasteiger partial charge in [0.15, 0.2) is 5.65 Å². The van der Waals surface area contributed by atoms with Gasteiger partial charge in [-0.25, -0.2) is 14.2 Å². The van der Waals surface area contributed by atoms with Crippen molar-refractivity contribution in [3.05, 3.63) is 71.8 Å². The van der Waals surface area contributed by atoms with Crippen LogP contribution in [0.4, 0.5) is 20.6 Å². The smallest absolute Gasteiger partial charge is 0.308 e. The zero-order valence-electron chi connectivity index (χ0n) is 20.8. The zero-order valence-corrected chi connectivity index (χ0v) is 20.8. The van der Waals surface area contributed by atoms with Gasteiger partial charge in [-0.3, -0.25) is 9.58 Å².